The number of hydrogen-bond donors (Lipinski definition) is 0. The van der Waals surface area contributed by atoms with Gasteiger partial charge >= 0.3 is 0 Å². The lowest BCUT2D eigenvalue weighted by atomic mass is 9.79. The van der Waals surface area contributed by atoms with E-state index < -0.39 is 0 Å². The molecular formula is C75H93N3O3. The standard InChI is InChI=1S/C75H93N3O3/c1-67(2,3)40-28-46-49-31-43(70(10,11)12)37-55(73(19,20)21)61(49)79-58(46)52(34-40)64-76-65(53-35-41(68(4,5)6)29-47-50-32-44(71(13,14)15)38-56(74(22,23)24)62(50)80-59(47)53)78-66(77-64)54-36-42(69(7,8)9)30-48-51-33-45(72(16,17)18)39-57(75(25,26)27)63(51)81-60(48)54/h28-39H,1-27H3. The van der Waals surface area contributed by atoms with Gasteiger partial charge in [0.1, 0.15) is 33.5 Å². The summed E-state index contributed by atoms with van der Waals surface area (Å²) >= 11 is 0. The van der Waals surface area contributed by atoms with E-state index in [1.165, 1.54) is 33.4 Å². The van der Waals surface area contributed by atoms with Crippen LogP contribution in [0.25, 0.3) is 100.0 Å². The molecule has 6 aromatic carbocycles. The normalized spacial score (nSPS) is 14.1. The third kappa shape index (κ3) is 10.3. The Bertz CT molecular complexity index is 3750. The fourth-order valence-corrected chi connectivity index (χ4v) is 11.4. The first-order valence-corrected chi connectivity index (χ1v) is 29.7. The summed E-state index contributed by atoms with van der Waals surface area (Å²) in [6.07, 6.45) is 0. The second-order valence-electron chi connectivity index (χ2n) is 33.3. The Morgan fingerprint density at radius 3 is 0.556 bits per heavy atom. The summed E-state index contributed by atoms with van der Waals surface area (Å²) in [5, 5.41) is 6.43. The van der Waals surface area contributed by atoms with Crippen LogP contribution < -0.4 is 0 Å². The monoisotopic (exact) mass is 1080 g/mol. The highest BCUT2D eigenvalue weighted by Gasteiger charge is 2.34. The van der Waals surface area contributed by atoms with Crippen LogP contribution in [-0.4, -0.2) is 15.0 Å². The quantitative estimate of drug-likeness (QED) is 0.175. The maximum absolute atomic E-state index is 7.40. The molecule has 81 heavy (non-hydrogen) atoms. The predicted octanol–water partition coefficient (Wildman–Crippen LogP) is 22.2. The molecule has 6 heteroatoms. The van der Waals surface area contributed by atoms with Gasteiger partial charge in [-0.2, -0.15) is 0 Å². The van der Waals surface area contributed by atoms with Gasteiger partial charge in [0.15, 0.2) is 17.5 Å². The fraction of sp³-hybridized carbons (Fsp3) is 0.480. The molecule has 0 atom stereocenters. The summed E-state index contributed by atoms with van der Waals surface area (Å²) in [5.74, 6) is 1.56. The van der Waals surface area contributed by atoms with E-state index in [0.29, 0.717) is 17.5 Å². The lowest BCUT2D eigenvalue weighted by Gasteiger charge is -2.25. The minimum atomic E-state index is -0.240. The van der Waals surface area contributed by atoms with Crippen molar-refractivity contribution in [1.29, 1.82) is 0 Å². The van der Waals surface area contributed by atoms with Gasteiger partial charge < -0.3 is 13.3 Å². The minimum Gasteiger partial charge on any atom is -0.455 e. The van der Waals surface area contributed by atoms with Gasteiger partial charge in [0.05, 0.1) is 16.7 Å². The van der Waals surface area contributed by atoms with Crippen LogP contribution in [0.4, 0.5) is 0 Å². The Labute approximate surface area is 484 Å². The van der Waals surface area contributed by atoms with Crippen molar-refractivity contribution in [3.63, 3.8) is 0 Å². The van der Waals surface area contributed by atoms with Gasteiger partial charge in [-0.05, 0) is 137 Å². The van der Waals surface area contributed by atoms with Crippen molar-refractivity contribution in [2.75, 3.05) is 0 Å². The van der Waals surface area contributed by atoms with Crippen molar-refractivity contribution < 1.29 is 13.3 Å². The largest absolute Gasteiger partial charge is 0.455 e. The lowest BCUT2D eigenvalue weighted by molar-refractivity contribution is 0.558. The summed E-state index contributed by atoms with van der Waals surface area (Å²) in [4.78, 5) is 17.2. The lowest BCUT2D eigenvalue weighted by Crippen LogP contribution is -2.16. The first-order chi connectivity index (χ1) is 36.8. The van der Waals surface area contributed by atoms with E-state index in [0.717, 1.165) is 99.2 Å². The highest BCUT2D eigenvalue weighted by molar-refractivity contribution is 6.14. The molecule has 0 aliphatic rings. The number of hydrogen-bond acceptors (Lipinski definition) is 6. The molecule has 0 fully saturated rings. The van der Waals surface area contributed by atoms with Crippen molar-refractivity contribution in [3.05, 3.63) is 123 Å². The molecule has 0 aliphatic carbocycles. The highest BCUT2D eigenvalue weighted by Crippen LogP contribution is 2.49. The molecule has 0 bridgehead atoms. The van der Waals surface area contributed by atoms with Gasteiger partial charge in [0, 0.05) is 49.0 Å². The van der Waals surface area contributed by atoms with E-state index in [-0.39, 0.29) is 48.7 Å². The van der Waals surface area contributed by atoms with E-state index in [1.807, 2.05) is 0 Å². The molecule has 0 saturated carbocycles. The van der Waals surface area contributed by atoms with Crippen molar-refractivity contribution in [3.8, 4) is 34.2 Å². The van der Waals surface area contributed by atoms with Crippen LogP contribution in [0.2, 0.25) is 0 Å². The smallest absolute Gasteiger partial charge is 0.167 e. The molecule has 0 saturated heterocycles. The molecule has 10 aromatic rings. The minimum absolute atomic E-state index is 0.0999. The van der Waals surface area contributed by atoms with Gasteiger partial charge in [-0.15, -0.1) is 0 Å². The van der Waals surface area contributed by atoms with E-state index in [1.54, 1.807) is 0 Å². The van der Waals surface area contributed by atoms with Crippen LogP contribution in [0.3, 0.4) is 0 Å². The average molecular weight is 1080 g/mol. The molecule has 10 rings (SSSR count). The Morgan fingerprint density at radius 1 is 0.210 bits per heavy atom. The molecule has 0 N–H and O–H groups in total. The summed E-state index contributed by atoms with van der Waals surface area (Å²) in [7, 11) is 0. The van der Waals surface area contributed by atoms with Crippen LogP contribution in [0.15, 0.2) is 86.0 Å². The Hall–Kier alpha value is -6.27. The zero-order valence-corrected chi connectivity index (χ0v) is 54.5. The van der Waals surface area contributed by atoms with Gasteiger partial charge in [0.25, 0.3) is 0 Å². The van der Waals surface area contributed by atoms with E-state index in [9.17, 15) is 0 Å². The second kappa shape index (κ2) is 18.1. The summed E-state index contributed by atoms with van der Waals surface area (Å²) in [6, 6.07) is 28.0. The average Bonchev–Trinajstić information content (AvgIpc) is 4.06. The molecule has 0 unspecified atom stereocenters. The summed E-state index contributed by atoms with van der Waals surface area (Å²) in [6.45, 7) is 61.8. The van der Waals surface area contributed by atoms with Gasteiger partial charge in [-0.25, -0.2) is 15.0 Å². The fourth-order valence-electron chi connectivity index (χ4n) is 11.4. The van der Waals surface area contributed by atoms with Crippen molar-refractivity contribution in [1.82, 2.24) is 15.0 Å². The molecular weight excluding hydrogens is 991 g/mol. The Morgan fingerprint density at radius 2 is 0.383 bits per heavy atom. The molecule has 4 heterocycles. The van der Waals surface area contributed by atoms with E-state index in [4.69, 9.17) is 28.2 Å². The maximum atomic E-state index is 7.40. The van der Waals surface area contributed by atoms with Gasteiger partial charge in [-0.1, -0.05) is 205 Å². The topological polar surface area (TPSA) is 78.1 Å². The Balaban J connectivity index is 1.43. The number of fused-ring (bicyclic) bond motifs is 9. The van der Waals surface area contributed by atoms with Crippen LogP contribution >= 0.6 is 0 Å². The predicted molar refractivity (Wildman–Crippen MR) is 346 cm³/mol. The Kier molecular flexibility index (Phi) is 13.0. The molecule has 426 valence electrons. The maximum Gasteiger partial charge on any atom is 0.167 e. The van der Waals surface area contributed by atoms with Gasteiger partial charge in [0.2, 0.25) is 0 Å². The van der Waals surface area contributed by atoms with Crippen LogP contribution in [-0.2, 0) is 48.7 Å². The van der Waals surface area contributed by atoms with Crippen LogP contribution in [0, 0.1) is 0 Å². The molecule has 0 spiro atoms. The van der Waals surface area contributed by atoms with Crippen molar-refractivity contribution in [2.45, 2.75) is 236 Å². The van der Waals surface area contributed by atoms with Gasteiger partial charge in [-0.3, -0.25) is 0 Å². The highest BCUT2D eigenvalue weighted by atomic mass is 16.3. The summed E-state index contributed by atoms with van der Waals surface area (Å²) in [5.41, 5.74) is 16.5. The van der Waals surface area contributed by atoms with Crippen molar-refractivity contribution >= 4 is 65.8 Å². The molecule has 6 nitrogen and oxygen atoms in total. The van der Waals surface area contributed by atoms with E-state index in [2.05, 4.69) is 260 Å². The zero-order valence-electron chi connectivity index (χ0n) is 54.5. The number of aromatic nitrogens is 3. The SMILES string of the molecule is CC(C)(C)c1cc(-c2nc(-c3cc(C(C)(C)C)cc4c3oc3c(C(C)(C)C)cc(C(C)(C)C)cc34)nc(-c3cc(C(C)(C)C)cc4c3oc3c(C(C)(C)C)cc(C(C)(C)C)cc34)n2)c2oc3c(C(C)(C)C)cc(C(C)(C)C)cc3c2c1. The van der Waals surface area contributed by atoms with Crippen LogP contribution in [0.1, 0.15) is 237 Å². The third-order valence-electron chi connectivity index (χ3n) is 17.0. The molecule has 0 amide bonds. The molecule has 4 aromatic heterocycles. The second-order valence-corrected chi connectivity index (χ2v) is 33.3. The number of benzene rings is 6. The number of furan rings is 3. The zero-order chi connectivity index (χ0) is 59.8. The third-order valence-corrected chi connectivity index (χ3v) is 17.0. The summed E-state index contributed by atoms with van der Waals surface area (Å²) < 4.78 is 22.2. The first-order valence-electron chi connectivity index (χ1n) is 29.7. The number of nitrogens with zero attached hydrogens (tertiary/aromatic N) is 3. The molecule has 0 aliphatic heterocycles. The number of rotatable bonds is 3. The van der Waals surface area contributed by atoms with Crippen molar-refractivity contribution in [2.24, 2.45) is 0 Å². The molecule has 0 radical (unpaired) electrons. The first kappa shape index (κ1) is 57.9. The van der Waals surface area contributed by atoms with E-state index >= 15 is 0 Å². The van der Waals surface area contributed by atoms with Crippen LogP contribution in [0.5, 0.6) is 0 Å².